The van der Waals surface area contributed by atoms with Gasteiger partial charge in [0.25, 0.3) is 5.69 Å². The van der Waals surface area contributed by atoms with E-state index in [1.807, 2.05) is 35.7 Å². The van der Waals surface area contributed by atoms with Gasteiger partial charge >= 0.3 is 0 Å². The molecule has 0 atom stereocenters. The molecule has 0 spiro atoms. The van der Waals surface area contributed by atoms with E-state index in [1.54, 1.807) is 12.1 Å². The Bertz CT molecular complexity index is 817. The fourth-order valence-corrected chi connectivity index (χ4v) is 3.26. The van der Waals surface area contributed by atoms with Gasteiger partial charge in [-0.15, -0.1) is 11.3 Å². The number of non-ortho nitro benzene ring substituents is 1. The minimum Gasteiger partial charge on any atom is -0.258 e. The average molecular weight is 361 g/mol. The molecule has 3 aromatic rings. The summed E-state index contributed by atoms with van der Waals surface area (Å²) in [5.41, 5.74) is 2.69. The maximum Gasteiger partial charge on any atom is 0.270 e. The number of rotatable bonds is 3. The van der Waals surface area contributed by atoms with E-state index in [0.29, 0.717) is 0 Å². The predicted molar refractivity (Wildman–Crippen MR) is 87.3 cm³/mol. The molecule has 0 aliphatic heterocycles. The van der Waals surface area contributed by atoms with Crippen molar-refractivity contribution in [2.24, 2.45) is 0 Å². The summed E-state index contributed by atoms with van der Waals surface area (Å²) >= 11 is 4.98. The number of nitrogens with zero attached hydrogens (tertiary/aromatic N) is 2. The number of thiazole rings is 1. The number of nitro benzene ring substituents is 1. The Kier molecular flexibility index (Phi) is 3.81. The minimum absolute atomic E-state index is 0.0742. The number of hydrogen-bond acceptors (Lipinski definition) is 4. The van der Waals surface area contributed by atoms with Crippen molar-refractivity contribution in [3.05, 3.63) is 68.5 Å². The predicted octanol–water partition coefficient (Wildman–Crippen LogP) is 5.15. The largest absolute Gasteiger partial charge is 0.270 e. The van der Waals surface area contributed by atoms with Gasteiger partial charge in [0.1, 0.15) is 5.01 Å². The van der Waals surface area contributed by atoms with Crippen LogP contribution in [-0.4, -0.2) is 9.91 Å². The third-order valence-electron chi connectivity index (χ3n) is 2.96. The van der Waals surface area contributed by atoms with Crippen molar-refractivity contribution in [1.82, 2.24) is 4.98 Å². The van der Waals surface area contributed by atoms with Crippen molar-refractivity contribution in [3.8, 4) is 21.8 Å². The van der Waals surface area contributed by atoms with Gasteiger partial charge in [0.2, 0.25) is 0 Å². The van der Waals surface area contributed by atoms with Gasteiger partial charge in [-0.05, 0) is 6.07 Å². The third-order valence-corrected chi connectivity index (χ3v) is 4.54. The number of hydrogen-bond donors (Lipinski definition) is 0. The van der Waals surface area contributed by atoms with Gasteiger partial charge in [-0.2, -0.15) is 0 Å². The quantitative estimate of drug-likeness (QED) is 0.479. The number of nitro groups is 1. The van der Waals surface area contributed by atoms with Crippen LogP contribution >= 0.6 is 27.3 Å². The van der Waals surface area contributed by atoms with Crippen LogP contribution in [0, 0.1) is 10.1 Å². The normalized spacial score (nSPS) is 10.5. The summed E-state index contributed by atoms with van der Waals surface area (Å²) in [6, 6.07) is 14.4. The molecular weight excluding hydrogens is 352 g/mol. The number of aromatic nitrogens is 1. The molecule has 0 N–H and O–H groups in total. The van der Waals surface area contributed by atoms with Gasteiger partial charge in [0.05, 0.1) is 10.6 Å². The molecule has 0 aliphatic carbocycles. The average Bonchev–Trinajstić information content (AvgIpc) is 2.97. The van der Waals surface area contributed by atoms with Crippen LogP contribution in [0.5, 0.6) is 0 Å². The van der Waals surface area contributed by atoms with Crippen LogP contribution in [0.25, 0.3) is 21.8 Å². The van der Waals surface area contributed by atoms with Crippen LogP contribution in [0.3, 0.4) is 0 Å². The van der Waals surface area contributed by atoms with E-state index in [0.717, 1.165) is 26.3 Å². The third kappa shape index (κ3) is 2.86. The summed E-state index contributed by atoms with van der Waals surface area (Å²) in [5.74, 6) is 0. The van der Waals surface area contributed by atoms with Gasteiger partial charge in [-0.25, -0.2) is 4.98 Å². The number of benzene rings is 2. The molecule has 0 radical (unpaired) electrons. The van der Waals surface area contributed by atoms with E-state index < -0.39 is 4.92 Å². The molecule has 0 amide bonds. The highest BCUT2D eigenvalue weighted by Crippen LogP contribution is 2.33. The van der Waals surface area contributed by atoms with Crippen LogP contribution in [0.4, 0.5) is 5.69 Å². The van der Waals surface area contributed by atoms with E-state index >= 15 is 0 Å². The Morgan fingerprint density at radius 2 is 1.95 bits per heavy atom. The summed E-state index contributed by atoms with van der Waals surface area (Å²) in [5, 5.41) is 13.6. The molecule has 3 rings (SSSR count). The fraction of sp³-hybridized carbons (Fsp3) is 0. The lowest BCUT2D eigenvalue weighted by atomic mass is 10.2. The van der Waals surface area contributed by atoms with Crippen LogP contribution in [-0.2, 0) is 0 Å². The number of halogens is 1. The van der Waals surface area contributed by atoms with Gasteiger partial charge in [0.15, 0.2) is 0 Å². The monoisotopic (exact) mass is 360 g/mol. The first kappa shape index (κ1) is 13.9. The maximum atomic E-state index is 10.8. The minimum atomic E-state index is -0.397. The maximum absolute atomic E-state index is 10.8. The Labute approximate surface area is 133 Å². The van der Waals surface area contributed by atoms with Crippen LogP contribution in [0.15, 0.2) is 58.4 Å². The molecule has 0 saturated carbocycles. The molecule has 0 unspecified atom stereocenters. The second-order valence-electron chi connectivity index (χ2n) is 4.33. The molecule has 21 heavy (non-hydrogen) atoms. The van der Waals surface area contributed by atoms with Gasteiger partial charge in [0, 0.05) is 33.1 Å². The van der Waals surface area contributed by atoms with Crippen LogP contribution in [0.2, 0.25) is 0 Å². The standard InChI is InChI=1S/C15H9BrN2O2S/c16-13-7-2-1-6-12(13)14-9-21-15(17-14)10-4-3-5-11(8-10)18(19)20/h1-9H. The first-order chi connectivity index (χ1) is 10.1. The van der Waals surface area contributed by atoms with Gasteiger partial charge in [-0.1, -0.05) is 46.3 Å². The smallest absolute Gasteiger partial charge is 0.258 e. The van der Waals surface area contributed by atoms with Crippen molar-refractivity contribution in [3.63, 3.8) is 0 Å². The second kappa shape index (κ2) is 5.75. The molecular formula is C15H9BrN2O2S. The molecule has 1 aromatic heterocycles. The lowest BCUT2D eigenvalue weighted by Crippen LogP contribution is -1.88. The van der Waals surface area contributed by atoms with Crippen molar-refractivity contribution < 1.29 is 4.92 Å². The lowest BCUT2D eigenvalue weighted by molar-refractivity contribution is -0.384. The van der Waals surface area contributed by atoms with Crippen molar-refractivity contribution >= 4 is 33.0 Å². The Balaban J connectivity index is 2.01. The molecule has 0 saturated heterocycles. The molecule has 6 heteroatoms. The van der Waals surface area contributed by atoms with Gasteiger partial charge in [-0.3, -0.25) is 10.1 Å². The van der Waals surface area contributed by atoms with Crippen molar-refractivity contribution in [1.29, 1.82) is 0 Å². The van der Waals surface area contributed by atoms with Crippen LogP contribution < -0.4 is 0 Å². The molecule has 1 heterocycles. The zero-order valence-electron chi connectivity index (χ0n) is 10.7. The summed E-state index contributed by atoms with van der Waals surface area (Å²) in [7, 11) is 0. The van der Waals surface area contributed by atoms with E-state index in [1.165, 1.54) is 17.4 Å². The molecule has 104 valence electrons. The first-order valence-corrected chi connectivity index (χ1v) is 7.77. The zero-order chi connectivity index (χ0) is 14.8. The Morgan fingerprint density at radius 1 is 1.14 bits per heavy atom. The highest BCUT2D eigenvalue weighted by atomic mass is 79.9. The second-order valence-corrected chi connectivity index (χ2v) is 6.04. The molecule has 4 nitrogen and oxygen atoms in total. The summed E-state index contributed by atoms with van der Waals surface area (Å²) in [4.78, 5) is 15.0. The Hall–Kier alpha value is -2.05. The summed E-state index contributed by atoms with van der Waals surface area (Å²) in [6.07, 6.45) is 0. The van der Waals surface area contributed by atoms with Crippen molar-refractivity contribution in [2.75, 3.05) is 0 Å². The summed E-state index contributed by atoms with van der Waals surface area (Å²) in [6.45, 7) is 0. The fourth-order valence-electron chi connectivity index (χ4n) is 1.95. The topological polar surface area (TPSA) is 56.0 Å². The van der Waals surface area contributed by atoms with Crippen molar-refractivity contribution in [2.45, 2.75) is 0 Å². The molecule has 0 bridgehead atoms. The highest BCUT2D eigenvalue weighted by Gasteiger charge is 2.12. The molecule has 2 aromatic carbocycles. The van der Waals surface area contributed by atoms with E-state index in [2.05, 4.69) is 20.9 Å². The molecule has 0 aliphatic rings. The first-order valence-electron chi connectivity index (χ1n) is 6.10. The molecule has 0 fully saturated rings. The Morgan fingerprint density at radius 3 is 2.71 bits per heavy atom. The van der Waals surface area contributed by atoms with E-state index in [9.17, 15) is 10.1 Å². The highest BCUT2D eigenvalue weighted by molar-refractivity contribution is 9.10. The van der Waals surface area contributed by atoms with Gasteiger partial charge < -0.3 is 0 Å². The lowest BCUT2D eigenvalue weighted by Gasteiger charge is -1.99. The van der Waals surface area contributed by atoms with E-state index in [-0.39, 0.29) is 5.69 Å². The SMILES string of the molecule is O=[N+]([O-])c1cccc(-c2nc(-c3ccccc3Br)cs2)c1. The summed E-state index contributed by atoms with van der Waals surface area (Å²) < 4.78 is 0.973. The zero-order valence-corrected chi connectivity index (χ0v) is 13.1. The van der Waals surface area contributed by atoms with E-state index in [4.69, 9.17) is 0 Å². The van der Waals surface area contributed by atoms with Crippen LogP contribution in [0.1, 0.15) is 0 Å².